The lowest BCUT2D eigenvalue weighted by molar-refractivity contribution is 0.178. The molecular formula is C14H15BrOS. The molecular weight excluding hydrogens is 296 g/mol. The average Bonchev–Trinajstić information content (AvgIpc) is 2.61. The molecule has 2 aromatic rings. The van der Waals surface area contributed by atoms with E-state index in [0.29, 0.717) is 6.42 Å². The Bertz CT molecular complexity index is 519. The highest BCUT2D eigenvalue weighted by Gasteiger charge is 2.14. The van der Waals surface area contributed by atoms with Gasteiger partial charge in [0.15, 0.2) is 0 Å². The summed E-state index contributed by atoms with van der Waals surface area (Å²) in [7, 11) is 0. The van der Waals surface area contributed by atoms with E-state index in [-0.39, 0.29) is 0 Å². The third-order valence-corrected chi connectivity index (χ3v) is 4.53. The molecule has 0 saturated heterocycles. The Hall–Kier alpha value is -0.640. The lowest BCUT2D eigenvalue weighted by atomic mass is 9.99. The number of benzene rings is 1. The van der Waals surface area contributed by atoms with Gasteiger partial charge in [0.25, 0.3) is 0 Å². The van der Waals surface area contributed by atoms with Crippen molar-refractivity contribution in [1.82, 2.24) is 0 Å². The highest BCUT2D eigenvalue weighted by Crippen LogP contribution is 2.32. The summed E-state index contributed by atoms with van der Waals surface area (Å²) < 4.78 is 1.08. The van der Waals surface area contributed by atoms with Gasteiger partial charge < -0.3 is 5.11 Å². The molecule has 1 unspecified atom stereocenters. The van der Waals surface area contributed by atoms with Crippen molar-refractivity contribution in [2.75, 3.05) is 0 Å². The van der Waals surface area contributed by atoms with Gasteiger partial charge >= 0.3 is 0 Å². The molecule has 1 atom stereocenters. The van der Waals surface area contributed by atoms with Gasteiger partial charge in [0.1, 0.15) is 0 Å². The fraction of sp³-hybridized carbons (Fsp3) is 0.286. The molecule has 17 heavy (non-hydrogen) atoms. The Morgan fingerprint density at radius 3 is 2.59 bits per heavy atom. The van der Waals surface area contributed by atoms with E-state index in [1.165, 1.54) is 16.0 Å². The first-order chi connectivity index (χ1) is 8.08. The normalized spacial score (nSPS) is 12.7. The topological polar surface area (TPSA) is 20.2 Å². The van der Waals surface area contributed by atoms with E-state index in [2.05, 4.69) is 35.0 Å². The summed E-state index contributed by atoms with van der Waals surface area (Å²) >= 11 is 5.13. The van der Waals surface area contributed by atoms with E-state index in [1.54, 1.807) is 11.3 Å². The van der Waals surface area contributed by atoms with Crippen LogP contribution in [0.25, 0.3) is 0 Å². The van der Waals surface area contributed by atoms with Crippen molar-refractivity contribution < 1.29 is 5.11 Å². The zero-order chi connectivity index (χ0) is 12.4. The predicted octanol–water partition coefficient (Wildman–Crippen LogP) is 4.40. The first kappa shape index (κ1) is 12.8. The molecule has 90 valence electrons. The SMILES string of the molecule is Cc1ccccc1CC(O)c1cc(Br)sc1C. The van der Waals surface area contributed by atoms with Gasteiger partial charge in [0.2, 0.25) is 0 Å². The van der Waals surface area contributed by atoms with E-state index in [4.69, 9.17) is 0 Å². The largest absolute Gasteiger partial charge is 0.388 e. The number of hydrogen-bond donors (Lipinski definition) is 1. The van der Waals surface area contributed by atoms with Gasteiger partial charge in [0.05, 0.1) is 9.89 Å². The fourth-order valence-corrected chi connectivity index (χ4v) is 3.71. The van der Waals surface area contributed by atoms with Crippen molar-refractivity contribution in [2.45, 2.75) is 26.4 Å². The van der Waals surface area contributed by atoms with E-state index < -0.39 is 6.10 Å². The quantitative estimate of drug-likeness (QED) is 0.890. The number of hydrogen-bond acceptors (Lipinski definition) is 2. The van der Waals surface area contributed by atoms with E-state index in [1.807, 2.05) is 25.1 Å². The summed E-state index contributed by atoms with van der Waals surface area (Å²) in [6.07, 6.45) is 0.259. The van der Waals surface area contributed by atoms with Crippen LogP contribution in [0.1, 0.15) is 27.7 Å². The summed E-state index contributed by atoms with van der Waals surface area (Å²) in [4.78, 5) is 1.18. The molecule has 0 spiro atoms. The lowest BCUT2D eigenvalue weighted by Gasteiger charge is -2.12. The van der Waals surface area contributed by atoms with Crippen molar-refractivity contribution in [3.63, 3.8) is 0 Å². The van der Waals surface area contributed by atoms with Crippen LogP contribution < -0.4 is 0 Å². The molecule has 0 aliphatic heterocycles. The zero-order valence-corrected chi connectivity index (χ0v) is 12.3. The van der Waals surface area contributed by atoms with Gasteiger partial charge in [-0.1, -0.05) is 24.3 Å². The second-order valence-electron chi connectivity index (χ2n) is 4.21. The summed E-state index contributed by atoms with van der Waals surface area (Å²) in [6.45, 7) is 4.13. The van der Waals surface area contributed by atoms with E-state index in [0.717, 1.165) is 9.35 Å². The van der Waals surface area contributed by atoms with Crippen LogP contribution in [-0.4, -0.2) is 5.11 Å². The number of aliphatic hydroxyl groups is 1. The molecule has 1 aromatic carbocycles. The number of aliphatic hydroxyl groups excluding tert-OH is 1. The predicted molar refractivity (Wildman–Crippen MR) is 76.6 cm³/mol. The van der Waals surface area contributed by atoms with Crippen LogP contribution in [0.2, 0.25) is 0 Å². The number of aryl methyl sites for hydroxylation is 2. The summed E-state index contributed by atoms with van der Waals surface area (Å²) in [6, 6.07) is 10.2. The van der Waals surface area contributed by atoms with Gasteiger partial charge in [-0.05, 0) is 52.5 Å². The van der Waals surface area contributed by atoms with Gasteiger partial charge in [-0.25, -0.2) is 0 Å². The third kappa shape index (κ3) is 2.97. The molecule has 0 fully saturated rings. The highest BCUT2D eigenvalue weighted by atomic mass is 79.9. The molecule has 1 N–H and O–H groups in total. The van der Waals surface area contributed by atoms with Crippen LogP contribution in [0.3, 0.4) is 0 Å². The second-order valence-corrected chi connectivity index (χ2v) is 6.84. The van der Waals surface area contributed by atoms with Gasteiger partial charge in [-0.15, -0.1) is 11.3 Å². The molecule has 2 rings (SSSR count). The van der Waals surface area contributed by atoms with E-state index in [9.17, 15) is 5.11 Å². The van der Waals surface area contributed by atoms with E-state index >= 15 is 0 Å². The molecule has 3 heteroatoms. The fourth-order valence-electron chi connectivity index (χ4n) is 1.95. The van der Waals surface area contributed by atoms with Crippen LogP contribution in [0, 0.1) is 13.8 Å². The van der Waals surface area contributed by atoms with Crippen molar-refractivity contribution in [1.29, 1.82) is 0 Å². The highest BCUT2D eigenvalue weighted by molar-refractivity contribution is 9.11. The molecule has 1 aromatic heterocycles. The molecule has 1 heterocycles. The number of halogens is 1. The molecule has 1 nitrogen and oxygen atoms in total. The molecule has 0 aliphatic carbocycles. The van der Waals surface area contributed by atoms with Crippen LogP contribution in [0.5, 0.6) is 0 Å². The molecule has 0 radical (unpaired) electrons. The Labute approximate surface area is 114 Å². The summed E-state index contributed by atoms with van der Waals surface area (Å²) in [5.74, 6) is 0. The minimum Gasteiger partial charge on any atom is -0.388 e. The smallest absolute Gasteiger partial charge is 0.0841 e. The average molecular weight is 311 g/mol. The minimum absolute atomic E-state index is 0.418. The first-order valence-corrected chi connectivity index (χ1v) is 7.17. The van der Waals surface area contributed by atoms with Crippen molar-refractivity contribution in [3.05, 3.63) is 55.7 Å². The van der Waals surface area contributed by atoms with Crippen LogP contribution >= 0.6 is 27.3 Å². The van der Waals surface area contributed by atoms with Gasteiger partial charge in [-0.3, -0.25) is 0 Å². The Morgan fingerprint density at radius 1 is 1.29 bits per heavy atom. The molecule has 0 saturated carbocycles. The number of rotatable bonds is 3. The molecule has 0 bridgehead atoms. The maximum Gasteiger partial charge on any atom is 0.0841 e. The Morgan fingerprint density at radius 2 is 2.00 bits per heavy atom. The Balaban J connectivity index is 2.20. The summed E-state index contributed by atoms with van der Waals surface area (Å²) in [5, 5.41) is 10.3. The van der Waals surface area contributed by atoms with Crippen molar-refractivity contribution >= 4 is 27.3 Å². The maximum absolute atomic E-state index is 10.3. The summed E-state index contributed by atoms with van der Waals surface area (Å²) in [5.41, 5.74) is 3.48. The minimum atomic E-state index is -0.418. The molecule has 0 aliphatic rings. The first-order valence-electron chi connectivity index (χ1n) is 5.56. The van der Waals surface area contributed by atoms with Crippen LogP contribution in [0.4, 0.5) is 0 Å². The van der Waals surface area contributed by atoms with Crippen LogP contribution in [0.15, 0.2) is 34.1 Å². The van der Waals surface area contributed by atoms with Gasteiger partial charge in [-0.2, -0.15) is 0 Å². The zero-order valence-electron chi connectivity index (χ0n) is 9.90. The standard InChI is InChI=1S/C14H15BrOS/c1-9-5-3-4-6-11(9)7-13(16)12-8-14(15)17-10(12)2/h3-6,8,13,16H,7H2,1-2H3. The second kappa shape index (κ2) is 5.34. The maximum atomic E-state index is 10.3. The third-order valence-electron chi connectivity index (χ3n) is 2.96. The Kier molecular flexibility index (Phi) is 4.02. The van der Waals surface area contributed by atoms with Crippen LogP contribution in [-0.2, 0) is 6.42 Å². The van der Waals surface area contributed by atoms with Crippen molar-refractivity contribution in [3.8, 4) is 0 Å². The monoisotopic (exact) mass is 310 g/mol. The molecule has 0 amide bonds. The lowest BCUT2D eigenvalue weighted by Crippen LogP contribution is -2.03. The van der Waals surface area contributed by atoms with Gasteiger partial charge in [0, 0.05) is 11.3 Å². The van der Waals surface area contributed by atoms with Crippen molar-refractivity contribution in [2.24, 2.45) is 0 Å². The number of thiophene rings is 1.